The van der Waals surface area contributed by atoms with Gasteiger partial charge in [-0.05, 0) is 38.8 Å². The number of para-hydroxylation sites is 1. The zero-order chi connectivity index (χ0) is 12.9. The predicted octanol–water partition coefficient (Wildman–Crippen LogP) is 2.02. The molecule has 2 aliphatic rings. The first-order valence-electron chi connectivity index (χ1n) is 6.24. The molecule has 0 saturated carbocycles. The monoisotopic (exact) mass is 244 g/mol. The SMILES string of the molecule is CC1(C)CCC2C(=O)Nc3ccccc3C(=O)N21. The molecule has 1 aromatic rings. The third-order valence-electron chi connectivity index (χ3n) is 3.93. The van der Waals surface area contributed by atoms with Crippen molar-refractivity contribution in [3.05, 3.63) is 29.8 Å². The van der Waals surface area contributed by atoms with Gasteiger partial charge in [0.2, 0.25) is 5.91 Å². The molecule has 1 unspecified atom stereocenters. The zero-order valence-electron chi connectivity index (χ0n) is 10.6. The summed E-state index contributed by atoms with van der Waals surface area (Å²) >= 11 is 0. The Bertz CT molecular complexity index is 536. The van der Waals surface area contributed by atoms with E-state index in [0.717, 1.165) is 12.8 Å². The van der Waals surface area contributed by atoms with E-state index in [9.17, 15) is 9.59 Å². The number of anilines is 1. The molecule has 1 N–H and O–H groups in total. The van der Waals surface area contributed by atoms with Crippen LogP contribution in [0.15, 0.2) is 24.3 Å². The molecule has 4 nitrogen and oxygen atoms in total. The highest BCUT2D eigenvalue weighted by Gasteiger charge is 2.47. The largest absolute Gasteiger partial charge is 0.324 e. The van der Waals surface area contributed by atoms with Crippen LogP contribution in [0.25, 0.3) is 0 Å². The van der Waals surface area contributed by atoms with Gasteiger partial charge in [-0.2, -0.15) is 0 Å². The second-order valence-corrected chi connectivity index (χ2v) is 5.58. The van der Waals surface area contributed by atoms with Crippen molar-refractivity contribution >= 4 is 17.5 Å². The minimum atomic E-state index is -0.333. The van der Waals surface area contributed by atoms with E-state index in [1.54, 1.807) is 17.0 Å². The lowest BCUT2D eigenvalue weighted by Crippen LogP contribution is -2.49. The molecule has 0 spiro atoms. The molecular weight excluding hydrogens is 228 g/mol. The maximum Gasteiger partial charge on any atom is 0.257 e. The number of fused-ring (bicyclic) bond motifs is 2. The van der Waals surface area contributed by atoms with Gasteiger partial charge in [0.15, 0.2) is 0 Å². The molecule has 18 heavy (non-hydrogen) atoms. The molecule has 1 saturated heterocycles. The van der Waals surface area contributed by atoms with E-state index < -0.39 is 0 Å². The molecule has 2 heterocycles. The highest BCUT2D eigenvalue weighted by molar-refractivity contribution is 6.10. The summed E-state index contributed by atoms with van der Waals surface area (Å²) in [6.45, 7) is 4.04. The van der Waals surface area contributed by atoms with Crippen molar-refractivity contribution in [1.82, 2.24) is 4.90 Å². The molecule has 0 aromatic heterocycles. The first-order chi connectivity index (χ1) is 8.50. The minimum absolute atomic E-state index is 0.0450. The van der Waals surface area contributed by atoms with E-state index in [1.165, 1.54) is 0 Å². The third-order valence-corrected chi connectivity index (χ3v) is 3.93. The van der Waals surface area contributed by atoms with Crippen molar-refractivity contribution in [1.29, 1.82) is 0 Å². The third kappa shape index (κ3) is 1.45. The van der Waals surface area contributed by atoms with Crippen LogP contribution in [0.4, 0.5) is 5.69 Å². The van der Waals surface area contributed by atoms with E-state index in [2.05, 4.69) is 5.32 Å². The lowest BCUT2D eigenvalue weighted by atomic mass is 10.0. The summed E-state index contributed by atoms with van der Waals surface area (Å²) in [5.74, 6) is -0.115. The Morgan fingerprint density at radius 3 is 2.78 bits per heavy atom. The highest BCUT2D eigenvalue weighted by atomic mass is 16.2. The number of nitrogens with one attached hydrogen (secondary N) is 1. The molecule has 1 fully saturated rings. The molecule has 3 rings (SSSR count). The molecular formula is C14H16N2O2. The van der Waals surface area contributed by atoms with Crippen LogP contribution in [0, 0.1) is 0 Å². The zero-order valence-corrected chi connectivity index (χ0v) is 10.6. The fourth-order valence-electron chi connectivity index (χ4n) is 2.95. The van der Waals surface area contributed by atoms with Gasteiger partial charge in [-0.15, -0.1) is 0 Å². The normalized spacial score (nSPS) is 25.2. The summed E-state index contributed by atoms with van der Waals surface area (Å²) in [5.41, 5.74) is 0.956. The van der Waals surface area contributed by atoms with Crippen LogP contribution in [0.2, 0.25) is 0 Å². The molecule has 1 aromatic carbocycles. The van der Waals surface area contributed by atoms with Gasteiger partial charge in [0, 0.05) is 5.54 Å². The van der Waals surface area contributed by atoms with E-state index in [4.69, 9.17) is 0 Å². The van der Waals surface area contributed by atoms with Gasteiger partial charge in [-0.1, -0.05) is 12.1 Å². The number of benzene rings is 1. The number of rotatable bonds is 0. The second-order valence-electron chi connectivity index (χ2n) is 5.58. The quantitative estimate of drug-likeness (QED) is 0.759. The average molecular weight is 244 g/mol. The summed E-state index contributed by atoms with van der Waals surface area (Å²) in [5, 5.41) is 2.86. The van der Waals surface area contributed by atoms with Gasteiger partial charge < -0.3 is 10.2 Å². The summed E-state index contributed by atoms with van der Waals surface area (Å²) in [4.78, 5) is 26.5. The second kappa shape index (κ2) is 3.57. The molecule has 2 aliphatic heterocycles. The number of hydrogen-bond acceptors (Lipinski definition) is 2. The highest BCUT2D eigenvalue weighted by Crippen LogP contribution is 2.38. The smallest absolute Gasteiger partial charge is 0.257 e. The summed E-state index contributed by atoms with van der Waals surface area (Å²) in [6.07, 6.45) is 1.59. The standard InChI is InChI=1S/C14H16N2O2/c1-14(2)8-7-11-12(17)15-10-6-4-3-5-9(10)13(18)16(11)14/h3-6,11H,7-8H2,1-2H3,(H,15,17). The number of amides is 2. The Morgan fingerprint density at radius 2 is 2.00 bits per heavy atom. The molecule has 0 bridgehead atoms. The lowest BCUT2D eigenvalue weighted by molar-refractivity contribution is -0.120. The Labute approximate surface area is 106 Å². The Morgan fingerprint density at radius 1 is 1.28 bits per heavy atom. The first kappa shape index (κ1) is 11.3. The minimum Gasteiger partial charge on any atom is -0.324 e. The van der Waals surface area contributed by atoms with Crippen molar-refractivity contribution in [3.8, 4) is 0 Å². The Kier molecular flexibility index (Phi) is 2.24. The molecule has 94 valence electrons. The summed E-state index contributed by atoms with van der Waals surface area (Å²) < 4.78 is 0. The van der Waals surface area contributed by atoms with E-state index in [0.29, 0.717) is 11.3 Å². The van der Waals surface area contributed by atoms with Gasteiger partial charge in [0.25, 0.3) is 5.91 Å². The van der Waals surface area contributed by atoms with Gasteiger partial charge in [-0.3, -0.25) is 9.59 Å². The van der Waals surface area contributed by atoms with Crippen molar-refractivity contribution in [2.75, 3.05) is 5.32 Å². The number of nitrogens with zero attached hydrogens (tertiary/aromatic N) is 1. The first-order valence-corrected chi connectivity index (χ1v) is 6.24. The lowest BCUT2D eigenvalue weighted by Gasteiger charge is -2.33. The van der Waals surface area contributed by atoms with Crippen molar-refractivity contribution in [2.24, 2.45) is 0 Å². The van der Waals surface area contributed by atoms with Crippen LogP contribution in [-0.2, 0) is 4.79 Å². The van der Waals surface area contributed by atoms with Crippen LogP contribution in [0.1, 0.15) is 37.0 Å². The topological polar surface area (TPSA) is 49.4 Å². The van der Waals surface area contributed by atoms with Gasteiger partial charge in [0.1, 0.15) is 6.04 Å². The van der Waals surface area contributed by atoms with Crippen molar-refractivity contribution in [2.45, 2.75) is 38.3 Å². The molecule has 4 heteroatoms. The molecule has 1 atom stereocenters. The average Bonchev–Trinajstić information content (AvgIpc) is 2.59. The number of carbonyl (C=O) groups excluding carboxylic acids is 2. The summed E-state index contributed by atoms with van der Waals surface area (Å²) in [7, 11) is 0. The maximum atomic E-state index is 12.6. The number of carbonyl (C=O) groups is 2. The van der Waals surface area contributed by atoms with Crippen LogP contribution < -0.4 is 5.32 Å². The predicted molar refractivity (Wildman–Crippen MR) is 68.3 cm³/mol. The van der Waals surface area contributed by atoms with E-state index >= 15 is 0 Å². The van der Waals surface area contributed by atoms with Gasteiger partial charge in [-0.25, -0.2) is 0 Å². The van der Waals surface area contributed by atoms with Gasteiger partial charge in [0.05, 0.1) is 11.3 Å². The van der Waals surface area contributed by atoms with E-state index in [-0.39, 0.29) is 23.4 Å². The van der Waals surface area contributed by atoms with Crippen LogP contribution in [0.3, 0.4) is 0 Å². The van der Waals surface area contributed by atoms with Gasteiger partial charge >= 0.3 is 0 Å². The Balaban J connectivity index is 2.15. The van der Waals surface area contributed by atoms with Crippen molar-refractivity contribution in [3.63, 3.8) is 0 Å². The van der Waals surface area contributed by atoms with E-state index in [1.807, 2.05) is 26.0 Å². The summed E-state index contributed by atoms with van der Waals surface area (Å²) in [6, 6.07) is 6.87. The fraction of sp³-hybridized carbons (Fsp3) is 0.429. The Hall–Kier alpha value is -1.84. The van der Waals surface area contributed by atoms with Crippen LogP contribution >= 0.6 is 0 Å². The maximum absolute atomic E-state index is 12.6. The number of hydrogen-bond donors (Lipinski definition) is 1. The molecule has 2 amide bonds. The molecule has 0 radical (unpaired) electrons. The van der Waals surface area contributed by atoms with Crippen molar-refractivity contribution < 1.29 is 9.59 Å². The molecule has 0 aliphatic carbocycles. The fourth-order valence-corrected chi connectivity index (χ4v) is 2.95. The van der Waals surface area contributed by atoms with Crippen LogP contribution in [-0.4, -0.2) is 28.3 Å². The van der Waals surface area contributed by atoms with Crippen LogP contribution in [0.5, 0.6) is 0 Å².